The zero-order chi connectivity index (χ0) is 35.3. The Morgan fingerprint density at radius 3 is 1.67 bits per heavy atom. The fourth-order valence-electron chi connectivity index (χ4n) is 4.88. The van der Waals surface area contributed by atoms with Gasteiger partial charge in [0.15, 0.2) is 12.2 Å². The Bertz CT molecular complexity index is 1590. The van der Waals surface area contributed by atoms with Gasteiger partial charge in [-0.05, 0) is 33.1 Å². The zero-order valence-corrected chi connectivity index (χ0v) is 29.2. The van der Waals surface area contributed by atoms with Gasteiger partial charge in [-0.1, -0.05) is 70.2 Å². The standard InChI is InChI=1S/C36H48O11S/c1-7-9-17-42-20-26(46-35(37)24(3)4)22-44-33-29-13-11-12-14-30(29)34(32-19-28(48(39,40)41)15-16-31(32)33)45-23-27(21-43-18-10-8-2)47-36(38)25(5)6/h11-15,26-27H,3,5,7-10,16-23H2,1-2,4,6H3,(H,39,40,41). The molecule has 0 bridgehead atoms. The van der Waals surface area contributed by atoms with E-state index >= 15 is 0 Å². The van der Waals surface area contributed by atoms with E-state index in [2.05, 4.69) is 13.2 Å². The maximum Gasteiger partial charge on any atom is 0.333 e. The highest BCUT2D eigenvalue weighted by molar-refractivity contribution is 7.89. The largest absolute Gasteiger partial charge is 0.489 e. The van der Waals surface area contributed by atoms with Crippen LogP contribution in [0.5, 0.6) is 11.5 Å². The molecular formula is C36H48O11S. The van der Waals surface area contributed by atoms with E-state index in [9.17, 15) is 22.6 Å². The second-order valence-corrected chi connectivity index (χ2v) is 13.3. The van der Waals surface area contributed by atoms with Crippen molar-refractivity contribution < 1.29 is 51.0 Å². The van der Waals surface area contributed by atoms with Crippen molar-refractivity contribution in [3.8, 4) is 11.5 Å². The van der Waals surface area contributed by atoms with Gasteiger partial charge < -0.3 is 28.4 Å². The Morgan fingerprint density at radius 1 is 0.792 bits per heavy atom. The molecule has 0 aliphatic heterocycles. The number of unbranched alkanes of at least 4 members (excludes halogenated alkanes) is 2. The van der Waals surface area contributed by atoms with Crippen LogP contribution >= 0.6 is 0 Å². The van der Waals surface area contributed by atoms with Crippen LogP contribution in [0.2, 0.25) is 0 Å². The summed E-state index contributed by atoms with van der Waals surface area (Å²) >= 11 is 0. The molecule has 2 atom stereocenters. The topological polar surface area (TPSA) is 144 Å². The summed E-state index contributed by atoms with van der Waals surface area (Å²) in [6.45, 7) is 15.5. The molecule has 2 aromatic rings. The molecule has 0 saturated carbocycles. The Labute approximate surface area is 283 Å². The zero-order valence-electron chi connectivity index (χ0n) is 28.4. The van der Waals surface area contributed by atoms with E-state index in [-0.39, 0.29) is 55.3 Å². The number of hydrogen-bond acceptors (Lipinski definition) is 10. The minimum Gasteiger partial charge on any atom is -0.489 e. The van der Waals surface area contributed by atoms with Crippen molar-refractivity contribution >= 4 is 32.8 Å². The summed E-state index contributed by atoms with van der Waals surface area (Å²) in [7, 11) is -4.50. The Morgan fingerprint density at radius 2 is 1.25 bits per heavy atom. The van der Waals surface area contributed by atoms with Gasteiger partial charge in [0.2, 0.25) is 0 Å². The third-order valence-electron chi connectivity index (χ3n) is 7.51. The molecule has 0 saturated heterocycles. The van der Waals surface area contributed by atoms with Crippen LogP contribution in [0.1, 0.15) is 64.5 Å². The Kier molecular flexibility index (Phi) is 15.1. The average molecular weight is 689 g/mol. The molecule has 264 valence electrons. The van der Waals surface area contributed by atoms with E-state index in [1.807, 2.05) is 32.0 Å². The van der Waals surface area contributed by atoms with Gasteiger partial charge in [0.25, 0.3) is 10.1 Å². The van der Waals surface area contributed by atoms with Crippen LogP contribution in [-0.2, 0) is 51.5 Å². The molecule has 1 N–H and O–H groups in total. The minimum atomic E-state index is -4.50. The number of benzene rings is 2. The summed E-state index contributed by atoms with van der Waals surface area (Å²) in [5.41, 5.74) is 1.60. The normalized spacial score (nSPS) is 14.0. The number of esters is 2. The molecule has 0 amide bonds. The highest BCUT2D eigenvalue weighted by Crippen LogP contribution is 2.44. The van der Waals surface area contributed by atoms with E-state index < -0.39 is 34.3 Å². The molecule has 1 aliphatic rings. The molecule has 2 unspecified atom stereocenters. The molecule has 0 fully saturated rings. The van der Waals surface area contributed by atoms with Crippen LogP contribution < -0.4 is 9.47 Å². The molecule has 1 aliphatic carbocycles. The number of ether oxygens (including phenoxy) is 6. The van der Waals surface area contributed by atoms with E-state index in [0.29, 0.717) is 46.6 Å². The second-order valence-electron chi connectivity index (χ2n) is 11.8. The lowest BCUT2D eigenvalue weighted by atomic mass is 9.90. The quantitative estimate of drug-likeness (QED) is 0.0706. The molecular weight excluding hydrogens is 640 g/mol. The Balaban J connectivity index is 2.03. The second kappa shape index (κ2) is 18.7. The van der Waals surface area contributed by atoms with Crippen LogP contribution in [0.15, 0.2) is 59.6 Å². The number of rotatable bonds is 21. The fraction of sp³-hybridized carbons (Fsp3) is 0.500. The van der Waals surface area contributed by atoms with Crippen molar-refractivity contribution in [2.75, 3.05) is 39.6 Å². The van der Waals surface area contributed by atoms with Crippen molar-refractivity contribution in [3.63, 3.8) is 0 Å². The Hall–Kier alpha value is -3.71. The smallest absolute Gasteiger partial charge is 0.333 e. The first-order valence-corrected chi connectivity index (χ1v) is 17.7. The average Bonchev–Trinajstić information content (AvgIpc) is 3.05. The predicted molar refractivity (Wildman–Crippen MR) is 183 cm³/mol. The molecule has 12 heteroatoms. The number of carbonyl (C=O) groups is 2. The molecule has 0 heterocycles. The maximum atomic E-state index is 12.4. The van der Waals surface area contributed by atoms with Crippen LogP contribution in [-0.4, -0.2) is 76.8 Å². The van der Waals surface area contributed by atoms with E-state index in [1.54, 1.807) is 19.9 Å². The van der Waals surface area contributed by atoms with Crippen molar-refractivity contribution in [1.82, 2.24) is 0 Å². The predicted octanol–water partition coefficient (Wildman–Crippen LogP) is 6.08. The summed E-state index contributed by atoms with van der Waals surface area (Å²) in [6, 6.07) is 7.29. The summed E-state index contributed by atoms with van der Waals surface area (Å²) in [4.78, 5) is 24.7. The van der Waals surface area contributed by atoms with Gasteiger partial charge in [0.05, 0.1) is 18.1 Å². The first-order valence-electron chi connectivity index (χ1n) is 16.2. The number of allylic oxidation sites excluding steroid dienone is 2. The van der Waals surface area contributed by atoms with Crippen LogP contribution in [0, 0.1) is 0 Å². The van der Waals surface area contributed by atoms with Gasteiger partial charge in [0.1, 0.15) is 24.7 Å². The van der Waals surface area contributed by atoms with Gasteiger partial charge in [-0.15, -0.1) is 0 Å². The highest BCUT2D eigenvalue weighted by atomic mass is 32.2. The number of carbonyl (C=O) groups excluding carboxylic acids is 2. The lowest BCUT2D eigenvalue weighted by molar-refractivity contribution is -0.150. The van der Waals surface area contributed by atoms with Gasteiger partial charge in [0, 0.05) is 52.7 Å². The number of fused-ring (bicyclic) bond motifs is 2. The summed E-state index contributed by atoms with van der Waals surface area (Å²) in [5.74, 6) is -0.341. The van der Waals surface area contributed by atoms with E-state index in [4.69, 9.17) is 28.4 Å². The van der Waals surface area contributed by atoms with Crippen molar-refractivity contribution in [2.45, 2.75) is 78.4 Å². The fourth-order valence-corrected chi connectivity index (χ4v) is 5.50. The monoisotopic (exact) mass is 688 g/mol. The van der Waals surface area contributed by atoms with Gasteiger partial charge in [-0.3, -0.25) is 4.55 Å². The highest BCUT2D eigenvalue weighted by Gasteiger charge is 2.30. The summed E-state index contributed by atoms with van der Waals surface area (Å²) < 4.78 is 70.0. The van der Waals surface area contributed by atoms with Crippen LogP contribution in [0.3, 0.4) is 0 Å². The SMILES string of the molecule is C=C(C)C(=O)OC(COCCCC)COc1c2c(c(OCC(COCCCC)OC(=O)C(=C)C)c3ccccc13)CC(S(=O)(=O)O)=CC2. The molecule has 3 rings (SSSR count). The summed E-state index contributed by atoms with van der Waals surface area (Å²) in [6.07, 6.45) is 3.42. The minimum absolute atomic E-state index is 0.0509. The van der Waals surface area contributed by atoms with Gasteiger partial charge in [-0.25, -0.2) is 9.59 Å². The summed E-state index contributed by atoms with van der Waals surface area (Å²) in [5, 5.41) is 1.27. The van der Waals surface area contributed by atoms with Crippen molar-refractivity contribution in [3.05, 3.63) is 70.7 Å². The number of hydrogen-bond donors (Lipinski definition) is 1. The maximum absolute atomic E-state index is 12.4. The lowest BCUT2D eigenvalue weighted by Crippen LogP contribution is -2.31. The van der Waals surface area contributed by atoms with Crippen LogP contribution in [0.25, 0.3) is 10.8 Å². The van der Waals surface area contributed by atoms with E-state index in [1.165, 1.54) is 6.08 Å². The lowest BCUT2D eigenvalue weighted by Gasteiger charge is -2.27. The third kappa shape index (κ3) is 11.2. The van der Waals surface area contributed by atoms with E-state index in [0.717, 1.165) is 25.7 Å². The molecule has 0 radical (unpaired) electrons. The van der Waals surface area contributed by atoms with Crippen molar-refractivity contribution in [1.29, 1.82) is 0 Å². The first-order chi connectivity index (χ1) is 22.9. The van der Waals surface area contributed by atoms with Crippen molar-refractivity contribution in [2.24, 2.45) is 0 Å². The molecule has 0 spiro atoms. The molecule has 48 heavy (non-hydrogen) atoms. The molecule has 11 nitrogen and oxygen atoms in total. The van der Waals surface area contributed by atoms with Gasteiger partial charge >= 0.3 is 11.9 Å². The molecule has 2 aromatic carbocycles. The van der Waals surface area contributed by atoms with Crippen LogP contribution in [0.4, 0.5) is 0 Å². The third-order valence-corrected chi connectivity index (χ3v) is 8.48. The molecule has 0 aromatic heterocycles. The van der Waals surface area contributed by atoms with Gasteiger partial charge in [-0.2, -0.15) is 8.42 Å². The first kappa shape index (κ1) is 38.7.